The fraction of sp³-hybridized carbons (Fsp3) is 0.533. The second-order valence-electron chi connectivity index (χ2n) is 4.87. The third-order valence-corrected chi connectivity index (χ3v) is 3.22. The minimum absolute atomic E-state index is 0.108. The van der Waals surface area contributed by atoms with E-state index in [1.165, 1.54) is 0 Å². The van der Waals surface area contributed by atoms with E-state index in [0.29, 0.717) is 26.4 Å². The van der Waals surface area contributed by atoms with Gasteiger partial charge in [0.2, 0.25) is 0 Å². The Hall–Kier alpha value is -1.95. The third kappa shape index (κ3) is 4.53. The number of ether oxygens (including phenoxy) is 3. The smallest absolute Gasteiger partial charge is 0.315 e. The molecule has 2 N–H and O–H groups in total. The van der Waals surface area contributed by atoms with E-state index in [-0.39, 0.29) is 12.1 Å². The van der Waals surface area contributed by atoms with Crippen LogP contribution in [0.2, 0.25) is 0 Å². The van der Waals surface area contributed by atoms with Gasteiger partial charge in [-0.2, -0.15) is 0 Å². The quantitative estimate of drug-likeness (QED) is 0.786. The van der Waals surface area contributed by atoms with Gasteiger partial charge >= 0.3 is 6.03 Å². The van der Waals surface area contributed by atoms with Crippen LogP contribution in [-0.2, 0) is 4.74 Å². The van der Waals surface area contributed by atoms with Crippen LogP contribution in [0.3, 0.4) is 0 Å². The second kappa shape index (κ2) is 7.73. The molecule has 0 spiro atoms. The van der Waals surface area contributed by atoms with Crippen LogP contribution < -0.4 is 20.1 Å². The van der Waals surface area contributed by atoms with Crippen molar-refractivity contribution in [3.63, 3.8) is 0 Å². The lowest BCUT2D eigenvalue weighted by molar-refractivity contribution is 0.171. The van der Waals surface area contributed by atoms with E-state index in [1.807, 2.05) is 25.1 Å². The fourth-order valence-electron chi connectivity index (χ4n) is 2.08. The molecule has 6 heteroatoms. The first kappa shape index (κ1) is 15.4. The summed E-state index contributed by atoms with van der Waals surface area (Å²) < 4.78 is 16.0. The molecule has 2 amide bonds. The average Bonchev–Trinajstić information content (AvgIpc) is 2.51. The summed E-state index contributed by atoms with van der Waals surface area (Å²) in [6, 6.07) is 5.42. The SMILES string of the molecule is COCCCNC(=O)NC(C)c1ccc2c(c1)OCCO2. The Bertz CT molecular complexity index is 479. The van der Waals surface area contributed by atoms with Gasteiger partial charge in [-0.1, -0.05) is 6.07 Å². The van der Waals surface area contributed by atoms with Crippen molar-refractivity contribution >= 4 is 6.03 Å². The average molecular weight is 294 g/mol. The molecule has 0 radical (unpaired) electrons. The maximum Gasteiger partial charge on any atom is 0.315 e. The molecular weight excluding hydrogens is 272 g/mol. The minimum atomic E-state index is -0.187. The molecule has 0 bridgehead atoms. The zero-order valence-electron chi connectivity index (χ0n) is 12.5. The second-order valence-corrected chi connectivity index (χ2v) is 4.87. The Morgan fingerprint density at radius 2 is 2.10 bits per heavy atom. The normalized spacial score (nSPS) is 14.4. The van der Waals surface area contributed by atoms with Gasteiger partial charge in [-0.25, -0.2) is 4.79 Å². The fourth-order valence-corrected chi connectivity index (χ4v) is 2.08. The van der Waals surface area contributed by atoms with Gasteiger partial charge in [0.05, 0.1) is 6.04 Å². The van der Waals surface area contributed by atoms with Gasteiger partial charge in [0.15, 0.2) is 11.5 Å². The van der Waals surface area contributed by atoms with Crippen molar-refractivity contribution in [1.82, 2.24) is 10.6 Å². The molecule has 1 aromatic rings. The number of nitrogens with one attached hydrogen (secondary N) is 2. The van der Waals surface area contributed by atoms with Crippen LogP contribution >= 0.6 is 0 Å². The predicted octanol–water partition coefficient (Wildman–Crippen LogP) is 1.85. The summed E-state index contributed by atoms with van der Waals surface area (Å²) >= 11 is 0. The molecule has 21 heavy (non-hydrogen) atoms. The highest BCUT2D eigenvalue weighted by Crippen LogP contribution is 2.32. The summed E-state index contributed by atoms with van der Waals surface area (Å²) in [5.41, 5.74) is 0.978. The number of carbonyl (C=O) groups excluding carboxylic acids is 1. The molecule has 1 aliphatic rings. The number of hydrogen-bond donors (Lipinski definition) is 2. The molecule has 0 aromatic heterocycles. The zero-order chi connectivity index (χ0) is 15.1. The van der Waals surface area contributed by atoms with E-state index < -0.39 is 0 Å². The number of carbonyl (C=O) groups is 1. The molecule has 1 heterocycles. The molecule has 2 rings (SSSR count). The summed E-state index contributed by atoms with van der Waals surface area (Å²) in [6.45, 7) is 4.29. The van der Waals surface area contributed by atoms with Gasteiger partial charge in [-0.05, 0) is 31.0 Å². The van der Waals surface area contributed by atoms with E-state index in [0.717, 1.165) is 23.5 Å². The molecule has 1 unspecified atom stereocenters. The van der Waals surface area contributed by atoms with Gasteiger partial charge < -0.3 is 24.8 Å². The highest BCUT2D eigenvalue weighted by Gasteiger charge is 2.15. The van der Waals surface area contributed by atoms with Crippen LogP contribution in [0.5, 0.6) is 11.5 Å². The number of hydrogen-bond acceptors (Lipinski definition) is 4. The summed E-state index contributed by atoms with van der Waals surface area (Å²) in [7, 11) is 1.64. The molecular formula is C15H22N2O4. The lowest BCUT2D eigenvalue weighted by Crippen LogP contribution is -2.37. The summed E-state index contributed by atoms with van der Waals surface area (Å²) in [5.74, 6) is 1.48. The van der Waals surface area contributed by atoms with Crippen molar-refractivity contribution in [2.75, 3.05) is 33.5 Å². The van der Waals surface area contributed by atoms with E-state index in [1.54, 1.807) is 7.11 Å². The zero-order valence-corrected chi connectivity index (χ0v) is 12.5. The van der Waals surface area contributed by atoms with Gasteiger partial charge in [0.1, 0.15) is 13.2 Å². The Balaban J connectivity index is 1.85. The van der Waals surface area contributed by atoms with Crippen molar-refractivity contribution in [2.45, 2.75) is 19.4 Å². The Morgan fingerprint density at radius 1 is 1.33 bits per heavy atom. The monoisotopic (exact) mass is 294 g/mol. The van der Waals surface area contributed by atoms with Crippen LogP contribution in [0.25, 0.3) is 0 Å². The molecule has 1 atom stereocenters. The lowest BCUT2D eigenvalue weighted by Gasteiger charge is -2.21. The van der Waals surface area contributed by atoms with E-state index in [4.69, 9.17) is 14.2 Å². The van der Waals surface area contributed by atoms with Crippen LogP contribution in [0.4, 0.5) is 4.79 Å². The highest BCUT2D eigenvalue weighted by molar-refractivity contribution is 5.74. The van der Waals surface area contributed by atoms with Crippen molar-refractivity contribution < 1.29 is 19.0 Å². The molecule has 6 nitrogen and oxygen atoms in total. The molecule has 0 saturated carbocycles. The Kier molecular flexibility index (Phi) is 5.68. The largest absolute Gasteiger partial charge is 0.486 e. The molecule has 0 aliphatic carbocycles. The first-order valence-electron chi connectivity index (χ1n) is 7.13. The number of amides is 2. The summed E-state index contributed by atoms with van der Waals surface area (Å²) in [6.07, 6.45) is 0.794. The van der Waals surface area contributed by atoms with Gasteiger partial charge in [0.25, 0.3) is 0 Å². The number of fused-ring (bicyclic) bond motifs is 1. The Morgan fingerprint density at radius 3 is 2.86 bits per heavy atom. The standard InChI is InChI=1S/C15H22N2O4/c1-11(17-15(18)16-6-3-7-19-2)12-4-5-13-14(10-12)21-9-8-20-13/h4-5,10-11H,3,6-9H2,1-2H3,(H2,16,17,18). The highest BCUT2D eigenvalue weighted by atomic mass is 16.6. The number of urea groups is 1. The van der Waals surface area contributed by atoms with Crippen LogP contribution in [0, 0.1) is 0 Å². The summed E-state index contributed by atoms with van der Waals surface area (Å²) in [5, 5.41) is 5.69. The van der Waals surface area contributed by atoms with Crippen molar-refractivity contribution in [1.29, 1.82) is 0 Å². The van der Waals surface area contributed by atoms with Crippen LogP contribution in [-0.4, -0.2) is 39.5 Å². The van der Waals surface area contributed by atoms with E-state index in [2.05, 4.69) is 10.6 Å². The molecule has 0 saturated heterocycles. The lowest BCUT2D eigenvalue weighted by atomic mass is 10.1. The van der Waals surface area contributed by atoms with Crippen LogP contribution in [0.15, 0.2) is 18.2 Å². The maximum absolute atomic E-state index is 11.8. The maximum atomic E-state index is 11.8. The molecule has 0 fully saturated rings. The van der Waals surface area contributed by atoms with Crippen molar-refractivity contribution in [3.05, 3.63) is 23.8 Å². The molecule has 116 valence electrons. The van der Waals surface area contributed by atoms with Gasteiger partial charge in [0, 0.05) is 20.3 Å². The first-order valence-corrected chi connectivity index (χ1v) is 7.13. The van der Waals surface area contributed by atoms with Crippen molar-refractivity contribution in [3.8, 4) is 11.5 Å². The van der Waals surface area contributed by atoms with Gasteiger partial charge in [-0.15, -0.1) is 0 Å². The third-order valence-electron chi connectivity index (χ3n) is 3.22. The minimum Gasteiger partial charge on any atom is -0.486 e. The van der Waals surface area contributed by atoms with Crippen molar-refractivity contribution in [2.24, 2.45) is 0 Å². The van der Waals surface area contributed by atoms with Gasteiger partial charge in [-0.3, -0.25) is 0 Å². The predicted molar refractivity (Wildman–Crippen MR) is 78.9 cm³/mol. The topological polar surface area (TPSA) is 68.8 Å². The molecule has 1 aliphatic heterocycles. The van der Waals surface area contributed by atoms with E-state index in [9.17, 15) is 4.79 Å². The van der Waals surface area contributed by atoms with E-state index >= 15 is 0 Å². The van der Waals surface area contributed by atoms with Crippen LogP contribution in [0.1, 0.15) is 24.9 Å². The Labute approximate surface area is 124 Å². The number of methoxy groups -OCH3 is 1. The number of benzene rings is 1. The molecule has 1 aromatic carbocycles. The summed E-state index contributed by atoms with van der Waals surface area (Å²) in [4.78, 5) is 11.8. The first-order chi connectivity index (χ1) is 10.2. The number of rotatable bonds is 6.